The molecular weight excluding hydrogens is 136 g/mol. The molecule has 0 aliphatic carbocycles. The maximum Gasteiger partial charge on any atom is 0.137 e. The van der Waals surface area contributed by atoms with Gasteiger partial charge in [-0.15, -0.1) is 0 Å². The molecule has 1 saturated heterocycles. The predicted octanol–water partition coefficient (Wildman–Crippen LogP) is -1.51. The SMILES string of the molecule is OCC1(O)COCCC1O. The Bertz CT molecular complexity index is 116. The molecule has 0 aromatic carbocycles. The lowest BCUT2D eigenvalue weighted by molar-refractivity contribution is -0.176. The van der Waals surface area contributed by atoms with Crippen molar-refractivity contribution >= 4 is 0 Å². The molecule has 1 fully saturated rings. The molecule has 1 heterocycles. The molecule has 0 aromatic heterocycles. The number of hydrogen-bond acceptors (Lipinski definition) is 4. The molecule has 2 atom stereocenters. The molecule has 10 heavy (non-hydrogen) atoms. The van der Waals surface area contributed by atoms with Gasteiger partial charge in [-0.05, 0) is 6.42 Å². The van der Waals surface area contributed by atoms with E-state index in [1.165, 1.54) is 0 Å². The summed E-state index contributed by atoms with van der Waals surface area (Å²) in [6.07, 6.45) is -0.469. The summed E-state index contributed by atoms with van der Waals surface area (Å²) in [5.41, 5.74) is -1.43. The first-order valence-corrected chi connectivity index (χ1v) is 3.28. The number of aliphatic hydroxyl groups excluding tert-OH is 2. The van der Waals surface area contributed by atoms with Crippen molar-refractivity contribution in [2.45, 2.75) is 18.1 Å². The van der Waals surface area contributed by atoms with E-state index in [9.17, 15) is 5.11 Å². The Morgan fingerprint density at radius 3 is 2.70 bits per heavy atom. The van der Waals surface area contributed by atoms with E-state index in [0.717, 1.165) is 0 Å². The van der Waals surface area contributed by atoms with Crippen LogP contribution in [-0.2, 0) is 4.74 Å². The summed E-state index contributed by atoms with van der Waals surface area (Å²) in [5, 5.41) is 27.1. The third-order valence-electron chi connectivity index (χ3n) is 1.78. The second kappa shape index (κ2) is 2.84. The van der Waals surface area contributed by atoms with Crippen molar-refractivity contribution in [2.75, 3.05) is 19.8 Å². The molecule has 4 nitrogen and oxygen atoms in total. The van der Waals surface area contributed by atoms with Crippen LogP contribution < -0.4 is 0 Å². The van der Waals surface area contributed by atoms with E-state index < -0.39 is 18.3 Å². The van der Waals surface area contributed by atoms with Gasteiger partial charge < -0.3 is 20.1 Å². The number of hydrogen-bond donors (Lipinski definition) is 3. The van der Waals surface area contributed by atoms with Gasteiger partial charge in [-0.2, -0.15) is 0 Å². The van der Waals surface area contributed by atoms with Crippen LogP contribution in [0.3, 0.4) is 0 Å². The molecule has 4 heteroatoms. The van der Waals surface area contributed by atoms with Crippen LogP contribution in [0.1, 0.15) is 6.42 Å². The molecule has 1 aliphatic rings. The van der Waals surface area contributed by atoms with Gasteiger partial charge in [0, 0.05) is 6.61 Å². The minimum absolute atomic E-state index is 0.0185. The Morgan fingerprint density at radius 1 is 1.60 bits per heavy atom. The van der Waals surface area contributed by atoms with Gasteiger partial charge in [-0.3, -0.25) is 0 Å². The molecule has 2 unspecified atom stereocenters. The summed E-state index contributed by atoms with van der Waals surface area (Å²) in [6, 6.07) is 0. The quantitative estimate of drug-likeness (QED) is 0.423. The molecule has 0 spiro atoms. The summed E-state index contributed by atoms with van der Waals surface area (Å²) in [4.78, 5) is 0. The average molecular weight is 148 g/mol. The van der Waals surface area contributed by atoms with Gasteiger partial charge in [0.2, 0.25) is 0 Å². The number of aliphatic hydroxyl groups is 3. The number of rotatable bonds is 1. The highest BCUT2D eigenvalue weighted by molar-refractivity contribution is 4.88. The van der Waals surface area contributed by atoms with Crippen molar-refractivity contribution in [2.24, 2.45) is 0 Å². The lowest BCUT2D eigenvalue weighted by Gasteiger charge is -2.34. The molecule has 0 amide bonds. The van der Waals surface area contributed by atoms with Crippen molar-refractivity contribution < 1.29 is 20.1 Å². The van der Waals surface area contributed by atoms with Gasteiger partial charge in [-0.25, -0.2) is 0 Å². The lowest BCUT2D eigenvalue weighted by Crippen LogP contribution is -2.53. The van der Waals surface area contributed by atoms with Crippen LogP contribution >= 0.6 is 0 Å². The standard InChI is InChI=1S/C6H12O4/c7-3-6(9)4-10-2-1-5(6)8/h5,7-9H,1-4H2. The normalized spacial score (nSPS) is 41.7. The maximum atomic E-state index is 9.32. The largest absolute Gasteiger partial charge is 0.393 e. The van der Waals surface area contributed by atoms with Crippen LogP contribution in [-0.4, -0.2) is 46.8 Å². The predicted molar refractivity (Wildman–Crippen MR) is 33.5 cm³/mol. The lowest BCUT2D eigenvalue weighted by atomic mass is 9.94. The van der Waals surface area contributed by atoms with Crippen molar-refractivity contribution in [3.8, 4) is 0 Å². The molecule has 1 rings (SSSR count). The molecule has 3 N–H and O–H groups in total. The van der Waals surface area contributed by atoms with Gasteiger partial charge in [0.15, 0.2) is 0 Å². The van der Waals surface area contributed by atoms with Crippen molar-refractivity contribution in [3.05, 3.63) is 0 Å². The highest BCUT2D eigenvalue weighted by Gasteiger charge is 2.37. The van der Waals surface area contributed by atoms with Crippen LogP contribution in [0.2, 0.25) is 0 Å². The summed E-state index contributed by atoms with van der Waals surface area (Å²) in [7, 11) is 0. The number of ether oxygens (including phenoxy) is 1. The second-order valence-corrected chi connectivity index (χ2v) is 2.62. The summed E-state index contributed by atoms with van der Waals surface area (Å²) < 4.78 is 4.88. The zero-order valence-corrected chi connectivity index (χ0v) is 5.66. The minimum atomic E-state index is -1.43. The fourth-order valence-electron chi connectivity index (χ4n) is 0.960. The van der Waals surface area contributed by atoms with Crippen LogP contribution in [0.5, 0.6) is 0 Å². The van der Waals surface area contributed by atoms with Crippen molar-refractivity contribution in [3.63, 3.8) is 0 Å². The molecule has 0 aromatic rings. The Balaban J connectivity index is 2.54. The van der Waals surface area contributed by atoms with Gasteiger partial charge in [-0.1, -0.05) is 0 Å². The smallest absolute Gasteiger partial charge is 0.137 e. The van der Waals surface area contributed by atoms with Gasteiger partial charge in [0.25, 0.3) is 0 Å². The third-order valence-corrected chi connectivity index (χ3v) is 1.78. The van der Waals surface area contributed by atoms with Crippen molar-refractivity contribution in [1.29, 1.82) is 0 Å². The van der Waals surface area contributed by atoms with Crippen molar-refractivity contribution in [1.82, 2.24) is 0 Å². The zero-order chi connectivity index (χ0) is 7.61. The average Bonchev–Trinajstić information content (AvgIpc) is 1.96. The topological polar surface area (TPSA) is 69.9 Å². The van der Waals surface area contributed by atoms with E-state index in [-0.39, 0.29) is 6.61 Å². The van der Waals surface area contributed by atoms with Crippen LogP contribution in [0, 0.1) is 0 Å². The van der Waals surface area contributed by atoms with Gasteiger partial charge in [0.1, 0.15) is 5.60 Å². The Labute approximate surface area is 59.1 Å². The highest BCUT2D eigenvalue weighted by atomic mass is 16.5. The van der Waals surface area contributed by atoms with Gasteiger partial charge >= 0.3 is 0 Å². The summed E-state index contributed by atoms with van der Waals surface area (Å²) in [6.45, 7) is 0.0162. The Kier molecular flexibility index (Phi) is 2.25. The first-order chi connectivity index (χ1) is 4.69. The van der Waals surface area contributed by atoms with E-state index in [2.05, 4.69) is 0 Å². The molecule has 0 saturated carbocycles. The fraction of sp³-hybridized carbons (Fsp3) is 1.00. The second-order valence-electron chi connectivity index (χ2n) is 2.62. The third kappa shape index (κ3) is 1.29. The summed E-state index contributed by atoms with van der Waals surface area (Å²) in [5.74, 6) is 0. The van der Waals surface area contributed by atoms with E-state index >= 15 is 0 Å². The van der Waals surface area contributed by atoms with Crippen LogP contribution in [0.15, 0.2) is 0 Å². The minimum Gasteiger partial charge on any atom is -0.393 e. The first kappa shape index (κ1) is 7.94. The fourth-order valence-corrected chi connectivity index (χ4v) is 0.960. The van der Waals surface area contributed by atoms with E-state index in [4.69, 9.17) is 14.9 Å². The van der Waals surface area contributed by atoms with Crippen LogP contribution in [0.25, 0.3) is 0 Å². The van der Waals surface area contributed by atoms with Crippen LogP contribution in [0.4, 0.5) is 0 Å². The molecular formula is C6H12O4. The van der Waals surface area contributed by atoms with Gasteiger partial charge in [0.05, 0.1) is 19.3 Å². The molecule has 60 valence electrons. The van der Waals surface area contributed by atoms with E-state index in [1.807, 2.05) is 0 Å². The molecule has 0 bridgehead atoms. The van der Waals surface area contributed by atoms with E-state index in [1.54, 1.807) is 0 Å². The summed E-state index contributed by atoms with van der Waals surface area (Å²) >= 11 is 0. The highest BCUT2D eigenvalue weighted by Crippen LogP contribution is 2.18. The Hall–Kier alpha value is -0.160. The van der Waals surface area contributed by atoms with E-state index in [0.29, 0.717) is 13.0 Å². The zero-order valence-electron chi connectivity index (χ0n) is 5.66. The monoisotopic (exact) mass is 148 g/mol. The first-order valence-electron chi connectivity index (χ1n) is 3.28. The molecule has 0 radical (unpaired) electrons. The Morgan fingerprint density at radius 2 is 2.30 bits per heavy atom. The molecule has 1 aliphatic heterocycles. The maximum absolute atomic E-state index is 9.32.